The van der Waals surface area contributed by atoms with Gasteiger partial charge >= 0.3 is 0 Å². The summed E-state index contributed by atoms with van der Waals surface area (Å²) in [6.07, 6.45) is 0.962. The molecule has 0 saturated carbocycles. The topological polar surface area (TPSA) is 73.6 Å². The van der Waals surface area contributed by atoms with Crippen molar-refractivity contribution in [2.24, 2.45) is 0 Å². The average Bonchev–Trinajstić information content (AvgIpc) is 2.60. The number of nitrogen functional groups attached to an aromatic ring is 1. The van der Waals surface area contributed by atoms with Gasteiger partial charge in [-0.1, -0.05) is 30.7 Å². The van der Waals surface area contributed by atoms with Crippen LogP contribution in [0.3, 0.4) is 0 Å². The van der Waals surface area contributed by atoms with E-state index in [4.69, 9.17) is 26.8 Å². The van der Waals surface area contributed by atoms with Gasteiger partial charge in [0.15, 0.2) is 0 Å². The maximum atomic E-state index is 12.4. The van der Waals surface area contributed by atoms with Crippen LogP contribution in [0, 0.1) is 0 Å². The van der Waals surface area contributed by atoms with Gasteiger partial charge in [0.05, 0.1) is 30.0 Å². The summed E-state index contributed by atoms with van der Waals surface area (Å²) in [6.45, 7) is 3.13. The van der Waals surface area contributed by atoms with Crippen LogP contribution < -0.4 is 20.5 Å². The molecule has 0 aliphatic rings. The van der Waals surface area contributed by atoms with E-state index < -0.39 is 0 Å². The number of rotatable bonds is 7. The molecule has 3 N–H and O–H groups in total. The van der Waals surface area contributed by atoms with E-state index >= 15 is 0 Å². The van der Waals surface area contributed by atoms with Gasteiger partial charge in [-0.05, 0) is 30.2 Å². The van der Waals surface area contributed by atoms with Crippen LogP contribution in [0.2, 0.25) is 5.02 Å². The number of carbonyl (C=O) groups excluding carboxylic acids is 1. The first-order chi connectivity index (χ1) is 11.5. The molecule has 0 bridgehead atoms. The predicted octanol–water partition coefficient (Wildman–Crippen LogP) is 3.65. The third-order valence-electron chi connectivity index (χ3n) is 3.41. The Kier molecular flexibility index (Phi) is 6.32. The van der Waals surface area contributed by atoms with Crippen molar-refractivity contribution >= 4 is 23.2 Å². The Labute approximate surface area is 146 Å². The molecule has 0 spiro atoms. The fraction of sp³-hybridized carbons (Fsp3) is 0.278. The van der Waals surface area contributed by atoms with E-state index in [0.717, 1.165) is 17.7 Å². The molecule has 128 valence electrons. The number of carbonyl (C=O) groups is 1. The predicted molar refractivity (Wildman–Crippen MR) is 95.8 cm³/mol. The minimum atomic E-state index is -0.278. The lowest BCUT2D eigenvalue weighted by Crippen LogP contribution is -2.23. The van der Waals surface area contributed by atoms with Crippen molar-refractivity contribution < 1.29 is 14.3 Å². The molecule has 2 aromatic carbocycles. The van der Waals surface area contributed by atoms with Crippen molar-refractivity contribution in [1.82, 2.24) is 5.32 Å². The van der Waals surface area contributed by atoms with Gasteiger partial charge in [-0.2, -0.15) is 0 Å². The van der Waals surface area contributed by atoms with Gasteiger partial charge in [0, 0.05) is 12.6 Å². The largest absolute Gasteiger partial charge is 0.496 e. The fourth-order valence-electron chi connectivity index (χ4n) is 2.12. The molecule has 0 fully saturated rings. The van der Waals surface area contributed by atoms with E-state index in [1.54, 1.807) is 0 Å². The highest BCUT2D eigenvalue weighted by Crippen LogP contribution is 2.28. The van der Waals surface area contributed by atoms with E-state index in [9.17, 15) is 4.79 Å². The lowest BCUT2D eigenvalue weighted by Gasteiger charge is -2.11. The molecule has 0 unspecified atom stereocenters. The normalized spacial score (nSPS) is 10.3. The number of nitrogens with one attached hydrogen (secondary N) is 1. The molecule has 0 aliphatic carbocycles. The van der Waals surface area contributed by atoms with E-state index in [0.29, 0.717) is 35.2 Å². The Hall–Kier alpha value is -2.40. The highest BCUT2D eigenvalue weighted by Gasteiger charge is 2.14. The molecule has 6 heteroatoms. The maximum Gasteiger partial charge on any atom is 0.255 e. The zero-order valence-corrected chi connectivity index (χ0v) is 14.5. The van der Waals surface area contributed by atoms with Crippen LogP contribution in [0.1, 0.15) is 29.3 Å². The van der Waals surface area contributed by atoms with E-state index in [1.165, 1.54) is 19.2 Å². The van der Waals surface area contributed by atoms with Gasteiger partial charge in [-0.25, -0.2) is 0 Å². The first kappa shape index (κ1) is 17.9. The SMILES string of the molecule is CCCOc1ccc(CNC(=O)c2cc(Cl)c(N)cc2OC)cc1. The molecule has 5 nitrogen and oxygen atoms in total. The smallest absolute Gasteiger partial charge is 0.255 e. The number of amides is 1. The lowest BCUT2D eigenvalue weighted by molar-refractivity contribution is 0.0948. The van der Waals surface area contributed by atoms with Crippen LogP contribution in [0.25, 0.3) is 0 Å². The summed E-state index contributed by atoms with van der Waals surface area (Å²) in [7, 11) is 1.48. The second-order valence-electron chi connectivity index (χ2n) is 5.25. The number of methoxy groups -OCH3 is 1. The van der Waals surface area contributed by atoms with Gasteiger partial charge in [-0.15, -0.1) is 0 Å². The van der Waals surface area contributed by atoms with Crippen molar-refractivity contribution in [2.75, 3.05) is 19.5 Å². The van der Waals surface area contributed by atoms with Crippen LogP contribution in [-0.4, -0.2) is 19.6 Å². The molecule has 2 rings (SSSR count). The monoisotopic (exact) mass is 348 g/mol. The number of anilines is 1. The Balaban J connectivity index is 2.01. The maximum absolute atomic E-state index is 12.4. The van der Waals surface area contributed by atoms with Crippen LogP contribution in [0.5, 0.6) is 11.5 Å². The van der Waals surface area contributed by atoms with Crippen LogP contribution in [-0.2, 0) is 6.54 Å². The van der Waals surface area contributed by atoms with Crippen LogP contribution >= 0.6 is 11.6 Å². The minimum Gasteiger partial charge on any atom is -0.496 e. The number of ether oxygens (including phenoxy) is 2. The van der Waals surface area contributed by atoms with E-state index in [-0.39, 0.29) is 5.91 Å². The van der Waals surface area contributed by atoms with Crippen LogP contribution in [0.4, 0.5) is 5.69 Å². The lowest BCUT2D eigenvalue weighted by atomic mass is 10.1. The first-order valence-corrected chi connectivity index (χ1v) is 8.06. The second-order valence-corrected chi connectivity index (χ2v) is 5.66. The quantitative estimate of drug-likeness (QED) is 0.749. The van der Waals surface area contributed by atoms with Crippen molar-refractivity contribution in [3.05, 3.63) is 52.5 Å². The number of benzene rings is 2. The molecular formula is C18H21ClN2O3. The van der Waals surface area contributed by atoms with Gasteiger partial charge in [0.2, 0.25) is 0 Å². The molecule has 1 amide bonds. The van der Waals surface area contributed by atoms with Crippen molar-refractivity contribution in [3.63, 3.8) is 0 Å². The van der Waals surface area contributed by atoms with Gasteiger partial charge in [0.25, 0.3) is 5.91 Å². The van der Waals surface area contributed by atoms with E-state index in [2.05, 4.69) is 12.2 Å². The second kappa shape index (κ2) is 8.45. The van der Waals surface area contributed by atoms with Crippen molar-refractivity contribution in [3.8, 4) is 11.5 Å². The molecule has 0 heterocycles. The molecule has 0 saturated heterocycles. The summed E-state index contributed by atoms with van der Waals surface area (Å²) in [5.41, 5.74) is 7.40. The summed E-state index contributed by atoms with van der Waals surface area (Å²) in [5, 5.41) is 3.16. The summed E-state index contributed by atoms with van der Waals surface area (Å²) in [4.78, 5) is 12.4. The Morgan fingerprint density at radius 3 is 2.58 bits per heavy atom. The summed E-state index contributed by atoms with van der Waals surface area (Å²) < 4.78 is 10.7. The first-order valence-electron chi connectivity index (χ1n) is 7.68. The van der Waals surface area contributed by atoms with Crippen molar-refractivity contribution in [2.45, 2.75) is 19.9 Å². The Bertz CT molecular complexity index is 702. The van der Waals surface area contributed by atoms with Gasteiger partial charge in [-0.3, -0.25) is 4.79 Å². The third-order valence-corrected chi connectivity index (χ3v) is 3.74. The van der Waals surface area contributed by atoms with Crippen molar-refractivity contribution in [1.29, 1.82) is 0 Å². The molecule has 0 aliphatic heterocycles. The van der Waals surface area contributed by atoms with Gasteiger partial charge < -0.3 is 20.5 Å². The zero-order valence-electron chi connectivity index (χ0n) is 13.8. The molecule has 0 aromatic heterocycles. The minimum absolute atomic E-state index is 0.278. The number of nitrogens with two attached hydrogens (primary N) is 1. The summed E-state index contributed by atoms with van der Waals surface area (Å²) in [6, 6.07) is 10.6. The molecule has 24 heavy (non-hydrogen) atoms. The molecule has 0 atom stereocenters. The number of hydrogen-bond donors (Lipinski definition) is 2. The molecular weight excluding hydrogens is 328 g/mol. The Morgan fingerprint density at radius 2 is 1.96 bits per heavy atom. The highest BCUT2D eigenvalue weighted by atomic mass is 35.5. The average molecular weight is 349 g/mol. The Morgan fingerprint density at radius 1 is 1.25 bits per heavy atom. The highest BCUT2D eigenvalue weighted by molar-refractivity contribution is 6.33. The summed E-state index contributed by atoms with van der Waals surface area (Å²) in [5.74, 6) is 0.927. The zero-order chi connectivity index (χ0) is 17.5. The standard InChI is InChI=1S/C18H21ClN2O3/c1-3-8-24-13-6-4-12(5-7-13)11-21-18(22)14-9-15(19)16(20)10-17(14)23-2/h4-7,9-10H,3,8,11,20H2,1-2H3,(H,21,22). The molecule has 2 aromatic rings. The number of halogens is 1. The number of hydrogen-bond acceptors (Lipinski definition) is 4. The summed E-state index contributed by atoms with van der Waals surface area (Å²) >= 11 is 5.99. The fourth-order valence-corrected chi connectivity index (χ4v) is 2.28. The third kappa shape index (κ3) is 4.55. The van der Waals surface area contributed by atoms with Crippen LogP contribution in [0.15, 0.2) is 36.4 Å². The molecule has 0 radical (unpaired) electrons. The van der Waals surface area contributed by atoms with E-state index in [1.807, 2.05) is 24.3 Å². The van der Waals surface area contributed by atoms with Gasteiger partial charge in [0.1, 0.15) is 11.5 Å².